The number of carbonyl (C=O) groups is 2. The monoisotopic (exact) mass is 456 g/mol. The minimum absolute atomic E-state index is 0.118. The molecule has 0 radical (unpaired) electrons. The first-order valence-electron chi connectivity index (χ1n) is 11.0. The number of nitrogens with zero attached hydrogens (tertiary/aromatic N) is 1. The molecule has 8 nitrogen and oxygen atoms in total. The Bertz CT molecular complexity index is 958. The first-order valence-corrected chi connectivity index (χ1v) is 11.0. The lowest BCUT2D eigenvalue weighted by molar-refractivity contribution is -0.121. The van der Waals surface area contributed by atoms with Gasteiger partial charge < -0.3 is 18.9 Å². The molecule has 0 bridgehead atoms. The van der Waals surface area contributed by atoms with Gasteiger partial charge in [-0.15, -0.1) is 0 Å². The molecule has 0 heterocycles. The number of benzene rings is 2. The Morgan fingerprint density at radius 2 is 1.67 bits per heavy atom. The topological polar surface area (TPSA) is 95.5 Å². The molecule has 0 fully saturated rings. The lowest BCUT2D eigenvalue weighted by Crippen LogP contribution is -2.16. The average molecular weight is 457 g/mol. The number of rotatable bonds is 13. The van der Waals surface area contributed by atoms with Gasteiger partial charge in [0, 0.05) is 6.42 Å². The number of ether oxygens (including phenoxy) is 4. The lowest BCUT2D eigenvalue weighted by atomic mass is 10.1. The highest BCUT2D eigenvalue weighted by molar-refractivity contribution is 5.92. The van der Waals surface area contributed by atoms with Gasteiger partial charge >= 0.3 is 5.97 Å². The van der Waals surface area contributed by atoms with Gasteiger partial charge in [-0.25, -0.2) is 10.2 Å². The summed E-state index contributed by atoms with van der Waals surface area (Å²) in [5, 5.41) is 4.00. The molecule has 178 valence electrons. The Hall–Kier alpha value is -3.55. The summed E-state index contributed by atoms with van der Waals surface area (Å²) in [4.78, 5) is 24.5. The fraction of sp³-hybridized carbons (Fsp3) is 0.400. The minimum Gasteiger partial charge on any atom is -0.493 e. The molecule has 0 aromatic heterocycles. The molecule has 2 aromatic carbocycles. The van der Waals surface area contributed by atoms with Crippen molar-refractivity contribution in [1.29, 1.82) is 0 Å². The molecule has 0 aliphatic heterocycles. The Morgan fingerprint density at radius 3 is 2.36 bits per heavy atom. The molecule has 33 heavy (non-hydrogen) atoms. The van der Waals surface area contributed by atoms with E-state index in [2.05, 4.69) is 17.5 Å². The smallest absolute Gasteiger partial charge is 0.343 e. The molecular weight excluding hydrogens is 424 g/mol. The standard InChI is InChI=1S/C25H32N2O6/c1-5-7-8-9-10-24(28)27-26-17-18-11-13-21(23(15-18)32-6-2)33-25(29)19-12-14-20(30-3)22(16-19)31-4/h11-17H,5-10H2,1-4H3,(H,27,28). The van der Waals surface area contributed by atoms with E-state index in [1.165, 1.54) is 20.4 Å². The summed E-state index contributed by atoms with van der Waals surface area (Å²) >= 11 is 0. The molecule has 0 aliphatic rings. The summed E-state index contributed by atoms with van der Waals surface area (Å²) in [6, 6.07) is 9.81. The molecule has 0 spiro atoms. The van der Waals surface area contributed by atoms with Crippen LogP contribution in [0.3, 0.4) is 0 Å². The van der Waals surface area contributed by atoms with Gasteiger partial charge in [0.15, 0.2) is 23.0 Å². The summed E-state index contributed by atoms with van der Waals surface area (Å²) in [6.45, 7) is 4.35. The molecule has 1 N–H and O–H groups in total. The highest BCUT2D eigenvalue weighted by Gasteiger charge is 2.16. The fourth-order valence-electron chi connectivity index (χ4n) is 3.03. The molecule has 0 unspecified atom stereocenters. The molecular formula is C25H32N2O6. The maximum absolute atomic E-state index is 12.6. The summed E-state index contributed by atoms with van der Waals surface area (Å²) in [5.41, 5.74) is 3.53. The largest absolute Gasteiger partial charge is 0.493 e. The number of nitrogens with one attached hydrogen (secondary N) is 1. The van der Waals surface area contributed by atoms with Crippen molar-refractivity contribution in [2.45, 2.75) is 46.0 Å². The number of unbranched alkanes of at least 4 members (excludes halogenated alkanes) is 3. The third-order valence-corrected chi connectivity index (χ3v) is 4.75. The Morgan fingerprint density at radius 1 is 0.909 bits per heavy atom. The maximum Gasteiger partial charge on any atom is 0.343 e. The Kier molecular flexibility index (Phi) is 10.7. The SMILES string of the molecule is CCCCCCC(=O)NN=Cc1ccc(OC(=O)c2ccc(OC)c(OC)c2)c(OCC)c1. The average Bonchev–Trinajstić information content (AvgIpc) is 2.83. The maximum atomic E-state index is 12.6. The van der Waals surface area contributed by atoms with E-state index in [4.69, 9.17) is 18.9 Å². The molecule has 8 heteroatoms. The van der Waals surface area contributed by atoms with Crippen molar-refractivity contribution < 1.29 is 28.5 Å². The van der Waals surface area contributed by atoms with E-state index in [1.807, 2.05) is 6.92 Å². The van der Waals surface area contributed by atoms with Crippen molar-refractivity contribution in [3.63, 3.8) is 0 Å². The van der Waals surface area contributed by atoms with Gasteiger partial charge in [0.25, 0.3) is 0 Å². The predicted octanol–water partition coefficient (Wildman–Crippen LogP) is 4.74. The van der Waals surface area contributed by atoms with Crippen LogP contribution in [0.5, 0.6) is 23.0 Å². The third kappa shape index (κ3) is 8.14. The number of esters is 1. The third-order valence-electron chi connectivity index (χ3n) is 4.75. The van der Waals surface area contributed by atoms with Gasteiger partial charge in [0.2, 0.25) is 5.91 Å². The number of carbonyl (C=O) groups excluding carboxylic acids is 2. The molecule has 0 aliphatic carbocycles. The van der Waals surface area contributed by atoms with Crippen LogP contribution in [0, 0.1) is 0 Å². The fourth-order valence-corrected chi connectivity index (χ4v) is 3.03. The first kappa shape index (κ1) is 25.7. The van der Waals surface area contributed by atoms with Crippen molar-refractivity contribution in [1.82, 2.24) is 5.43 Å². The van der Waals surface area contributed by atoms with Crippen LogP contribution in [-0.2, 0) is 4.79 Å². The van der Waals surface area contributed by atoms with Gasteiger partial charge in [0.1, 0.15) is 0 Å². The van der Waals surface area contributed by atoms with Crippen molar-refractivity contribution in [2.24, 2.45) is 5.10 Å². The molecule has 0 saturated carbocycles. The van der Waals surface area contributed by atoms with Gasteiger partial charge in [-0.05, 0) is 55.3 Å². The number of hydrogen-bond acceptors (Lipinski definition) is 7. The van der Waals surface area contributed by atoms with Crippen LogP contribution >= 0.6 is 0 Å². The zero-order chi connectivity index (χ0) is 24.1. The normalized spacial score (nSPS) is 10.7. The van der Waals surface area contributed by atoms with Crippen LogP contribution < -0.4 is 24.4 Å². The highest BCUT2D eigenvalue weighted by atomic mass is 16.6. The van der Waals surface area contributed by atoms with Crippen LogP contribution in [0.2, 0.25) is 0 Å². The van der Waals surface area contributed by atoms with Crippen LogP contribution in [0.1, 0.15) is 61.9 Å². The lowest BCUT2D eigenvalue weighted by Gasteiger charge is -2.12. The highest BCUT2D eigenvalue weighted by Crippen LogP contribution is 2.31. The van der Waals surface area contributed by atoms with E-state index in [0.29, 0.717) is 41.4 Å². The second-order valence-electron chi connectivity index (χ2n) is 7.20. The summed E-state index contributed by atoms with van der Waals surface area (Å²) in [5.74, 6) is 0.924. The van der Waals surface area contributed by atoms with Gasteiger partial charge in [0.05, 0.1) is 32.6 Å². The van der Waals surface area contributed by atoms with Gasteiger partial charge in [-0.2, -0.15) is 5.10 Å². The number of hydrogen-bond donors (Lipinski definition) is 1. The van der Waals surface area contributed by atoms with E-state index in [0.717, 1.165) is 25.7 Å². The van der Waals surface area contributed by atoms with Crippen LogP contribution in [-0.4, -0.2) is 38.9 Å². The van der Waals surface area contributed by atoms with E-state index in [1.54, 1.807) is 36.4 Å². The first-order chi connectivity index (χ1) is 16.0. The molecule has 0 atom stereocenters. The number of amides is 1. The Labute approximate surface area is 194 Å². The van der Waals surface area contributed by atoms with Crippen LogP contribution in [0.25, 0.3) is 0 Å². The zero-order valence-corrected chi connectivity index (χ0v) is 19.7. The van der Waals surface area contributed by atoms with Crippen LogP contribution in [0.15, 0.2) is 41.5 Å². The van der Waals surface area contributed by atoms with E-state index in [9.17, 15) is 9.59 Å². The van der Waals surface area contributed by atoms with Gasteiger partial charge in [-0.3, -0.25) is 4.79 Å². The second-order valence-corrected chi connectivity index (χ2v) is 7.20. The van der Waals surface area contributed by atoms with Gasteiger partial charge in [-0.1, -0.05) is 26.2 Å². The minimum atomic E-state index is -0.561. The van der Waals surface area contributed by atoms with Crippen molar-refractivity contribution >= 4 is 18.1 Å². The quantitative estimate of drug-likeness (QED) is 0.154. The zero-order valence-electron chi connectivity index (χ0n) is 19.7. The summed E-state index contributed by atoms with van der Waals surface area (Å²) < 4.78 is 21.6. The molecule has 2 aromatic rings. The van der Waals surface area contributed by atoms with Crippen molar-refractivity contribution in [3.05, 3.63) is 47.5 Å². The van der Waals surface area contributed by atoms with E-state index >= 15 is 0 Å². The summed E-state index contributed by atoms with van der Waals surface area (Å²) in [7, 11) is 3.02. The van der Waals surface area contributed by atoms with Crippen LogP contribution in [0.4, 0.5) is 0 Å². The predicted molar refractivity (Wildman–Crippen MR) is 127 cm³/mol. The number of methoxy groups -OCH3 is 2. The Balaban J connectivity index is 2.05. The second kappa shape index (κ2) is 13.8. The summed E-state index contributed by atoms with van der Waals surface area (Å²) in [6.07, 6.45) is 6.11. The number of hydrazone groups is 1. The van der Waals surface area contributed by atoms with E-state index < -0.39 is 5.97 Å². The molecule has 2 rings (SSSR count). The molecule has 0 saturated heterocycles. The molecule has 1 amide bonds. The van der Waals surface area contributed by atoms with Crippen molar-refractivity contribution in [3.8, 4) is 23.0 Å². The van der Waals surface area contributed by atoms with E-state index in [-0.39, 0.29) is 11.7 Å². The van der Waals surface area contributed by atoms with Crippen molar-refractivity contribution in [2.75, 3.05) is 20.8 Å².